The average molecular weight is 317 g/mol. The van der Waals surface area contributed by atoms with Gasteiger partial charge in [-0.3, -0.25) is 4.79 Å². The molecule has 0 fully saturated rings. The average Bonchev–Trinajstić information content (AvgIpc) is 2.58. The summed E-state index contributed by atoms with van der Waals surface area (Å²) in [6.45, 7) is 1.87. The number of hydrogen-bond acceptors (Lipinski definition) is 4. The highest BCUT2D eigenvalue weighted by Crippen LogP contribution is 2.32. The van der Waals surface area contributed by atoms with Crippen LogP contribution < -0.4 is 5.32 Å². The predicted octanol–water partition coefficient (Wildman–Crippen LogP) is 1.95. The van der Waals surface area contributed by atoms with E-state index in [1.54, 1.807) is 0 Å². The Morgan fingerprint density at radius 3 is 2.70 bits per heavy atom. The second-order valence-corrected chi connectivity index (χ2v) is 6.09. The third-order valence-electron chi connectivity index (χ3n) is 4.10. The van der Waals surface area contributed by atoms with Gasteiger partial charge in [0.15, 0.2) is 6.10 Å². The topological polar surface area (TPSA) is 75.6 Å². The smallest absolute Gasteiger partial charge is 0.337 e. The number of aliphatic hydroxyl groups excluding tert-OH is 1. The standard InChI is InChI=1S/C18H23NO4/c1-18(10-6-3-7-11-18)17(22)19-12-15(20)16(21)23-13-14-8-4-2-5-9-14/h2-6,8-9,15,20H,7,10-13H2,1H3,(H,19,22)/t15-,18-/m0/s1. The van der Waals surface area contributed by atoms with E-state index in [2.05, 4.69) is 11.4 Å². The highest BCUT2D eigenvalue weighted by atomic mass is 16.5. The molecule has 0 heterocycles. The maximum absolute atomic E-state index is 12.2. The van der Waals surface area contributed by atoms with Crippen LogP contribution in [0.25, 0.3) is 0 Å². The Labute approximate surface area is 136 Å². The van der Waals surface area contributed by atoms with Crippen molar-refractivity contribution in [2.75, 3.05) is 6.54 Å². The van der Waals surface area contributed by atoms with Gasteiger partial charge in [0.25, 0.3) is 0 Å². The first-order valence-electron chi connectivity index (χ1n) is 7.83. The molecule has 124 valence electrons. The van der Waals surface area contributed by atoms with Crippen molar-refractivity contribution in [3.8, 4) is 0 Å². The van der Waals surface area contributed by atoms with Crippen molar-refractivity contribution in [3.05, 3.63) is 48.0 Å². The van der Waals surface area contributed by atoms with Gasteiger partial charge in [-0.25, -0.2) is 4.79 Å². The molecule has 0 radical (unpaired) electrons. The van der Waals surface area contributed by atoms with Gasteiger partial charge in [-0.1, -0.05) is 49.4 Å². The summed E-state index contributed by atoms with van der Waals surface area (Å²) in [4.78, 5) is 24.0. The van der Waals surface area contributed by atoms with Gasteiger partial charge < -0.3 is 15.2 Å². The van der Waals surface area contributed by atoms with Gasteiger partial charge in [0.1, 0.15) is 6.61 Å². The van der Waals surface area contributed by atoms with E-state index in [0.717, 1.165) is 18.4 Å². The Bertz CT molecular complexity index is 570. The third kappa shape index (κ3) is 4.93. The monoisotopic (exact) mass is 317 g/mol. The van der Waals surface area contributed by atoms with E-state index in [0.29, 0.717) is 6.42 Å². The fraction of sp³-hybridized carbons (Fsp3) is 0.444. The largest absolute Gasteiger partial charge is 0.459 e. The number of carbonyl (C=O) groups is 2. The minimum absolute atomic E-state index is 0.104. The molecule has 2 N–H and O–H groups in total. The Morgan fingerprint density at radius 1 is 1.30 bits per heavy atom. The van der Waals surface area contributed by atoms with Crippen molar-refractivity contribution in [2.45, 2.75) is 38.9 Å². The Hall–Kier alpha value is -2.14. The molecule has 5 heteroatoms. The lowest BCUT2D eigenvalue weighted by atomic mass is 9.78. The van der Waals surface area contributed by atoms with E-state index in [1.807, 2.05) is 43.3 Å². The van der Waals surface area contributed by atoms with Gasteiger partial charge in [-0.2, -0.15) is 0 Å². The number of carbonyl (C=O) groups excluding carboxylic acids is 2. The number of hydrogen-bond donors (Lipinski definition) is 2. The zero-order chi connectivity index (χ0) is 16.7. The third-order valence-corrected chi connectivity index (χ3v) is 4.10. The Balaban J connectivity index is 1.75. The van der Waals surface area contributed by atoms with Crippen LogP contribution in [0.15, 0.2) is 42.5 Å². The number of rotatable bonds is 6. The first-order valence-corrected chi connectivity index (χ1v) is 7.83. The molecule has 1 amide bonds. The first kappa shape index (κ1) is 17.2. The van der Waals surface area contributed by atoms with Crippen LogP contribution in [0.4, 0.5) is 0 Å². The number of nitrogens with one attached hydrogen (secondary N) is 1. The SMILES string of the molecule is C[C@]1(C(=O)NC[C@H](O)C(=O)OCc2ccccc2)CC=CCC1. The number of esters is 1. The number of benzene rings is 1. The molecule has 1 aliphatic rings. The summed E-state index contributed by atoms with van der Waals surface area (Å²) in [6.07, 6.45) is 5.01. The van der Waals surface area contributed by atoms with Crippen LogP contribution in [0, 0.1) is 5.41 Å². The van der Waals surface area contributed by atoms with E-state index in [1.165, 1.54) is 0 Å². The van der Waals surface area contributed by atoms with Gasteiger partial charge in [-0.05, 0) is 24.8 Å². The maximum atomic E-state index is 12.2. The molecule has 0 aromatic heterocycles. The van der Waals surface area contributed by atoms with Crippen LogP contribution in [0.1, 0.15) is 31.7 Å². The summed E-state index contributed by atoms with van der Waals surface area (Å²) in [5, 5.41) is 12.5. The van der Waals surface area contributed by atoms with Crippen LogP contribution in [0.5, 0.6) is 0 Å². The van der Waals surface area contributed by atoms with Gasteiger partial charge in [-0.15, -0.1) is 0 Å². The molecule has 2 rings (SSSR count). The molecule has 23 heavy (non-hydrogen) atoms. The van der Waals surface area contributed by atoms with E-state index in [9.17, 15) is 14.7 Å². The highest BCUT2D eigenvalue weighted by Gasteiger charge is 2.33. The quantitative estimate of drug-likeness (QED) is 0.621. The van der Waals surface area contributed by atoms with Crippen molar-refractivity contribution in [2.24, 2.45) is 5.41 Å². The molecule has 0 saturated heterocycles. The molecule has 0 saturated carbocycles. The number of ether oxygens (including phenoxy) is 1. The van der Waals surface area contributed by atoms with Gasteiger partial charge in [0.2, 0.25) is 5.91 Å². The summed E-state index contributed by atoms with van der Waals surface area (Å²) >= 11 is 0. The van der Waals surface area contributed by atoms with E-state index < -0.39 is 17.5 Å². The summed E-state index contributed by atoms with van der Waals surface area (Å²) in [6, 6.07) is 9.23. The molecule has 1 aliphatic carbocycles. The maximum Gasteiger partial charge on any atom is 0.337 e. The van der Waals surface area contributed by atoms with Crippen LogP contribution >= 0.6 is 0 Å². The van der Waals surface area contributed by atoms with E-state index in [4.69, 9.17) is 4.74 Å². The summed E-state index contributed by atoms with van der Waals surface area (Å²) in [5.41, 5.74) is 0.376. The molecule has 0 unspecified atom stereocenters. The van der Waals surface area contributed by atoms with Crippen LogP contribution in [0.3, 0.4) is 0 Å². The number of amides is 1. The minimum atomic E-state index is -1.36. The molecule has 2 atom stereocenters. The Kier molecular flexibility index (Phi) is 5.93. The fourth-order valence-corrected chi connectivity index (χ4v) is 2.48. The molecule has 0 bridgehead atoms. The predicted molar refractivity (Wildman–Crippen MR) is 86.4 cm³/mol. The zero-order valence-electron chi connectivity index (χ0n) is 13.3. The zero-order valence-corrected chi connectivity index (χ0v) is 13.3. The van der Waals surface area contributed by atoms with Crippen molar-refractivity contribution in [1.82, 2.24) is 5.32 Å². The van der Waals surface area contributed by atoms with Crippen molar-refractivity contribution < 1.29 is 19.4 Å². The molecular formula is C18H23NO4. The summed E-state index contributed by atoms with van der Waals surface area (Å²) in [5.74, 6) is -0.875. The number of allylic oxidation sites excluding steroid dienone is 2. The van der Waals surface area contributed by atoms with Crippen LogP contribution in [-0.2, 0) is 20.9 Å². The van der Waals surface area contributed by atoms with Gasteiger partial charge in [0, 0.05) is 0 Å². The minimum Gasteiger partial charge on any atom is -0.459 e. The highest BCUT2D eigenvalue weighted by molar-refractivity contribution is 5.83. The van der Waals surface area contributed by atoms with Crippen LogP contribution in [0.2, 0.25) is 0 Å². The number of aliphatic hydroxyl groups is 1. The molecule has 0 aliphatic heterocycles. The summed E-state index contributed by atoms with van der Waals surface area (Å²) < 4.78 is 5.04. The van der Waals surface area contributed by atoms with Crippen LogP contribution in [-0.4, -0.2) is 29.6 Å². The lowest BCUT2D eigenvalue weighted by Gasteiger charge is -2.29. The van der Waals surface area contributed by atoms with E-state index in [-0.39, 0.29) is 19.1 Å². The first-order chi connectivity index (χ1) is 11.0. The van der Waals surface area contributed by atoms with Crippen molar-refractivity contribution >= 4 is 11.9 Å². The molecule has 5 nitrogen and oxygen atoms in total. The van der Waals surface area contributed by atoms with E-state index >= 15 is 0 Å². The van der Waals surface area contributed by atoms with Gasteiger partial charge >= 0.3 is 5.97 Å². The molecular weight excluding hydrogens is 294 g/mol. The lowest BCUT2D eigenvalue weighted by Crippen LogP contribution is -2.44. The van der Waals surface area contributed by atoms with Crippen molar-refractivity contribution in [3.63, 3.8) is 0 Å². The normalized spacial score (nSPS) is 21.5. The molecule has 1 aromatic carbocycles. The van der Waals surface area contributed by atoms with Crippen molar-refractivity contribution in [1.29, 1.82) is 0 Å². The Morgan fingerprint density at radius 2 is 2.04 bits per heavy atom. The second kappa shape index (κ2) is 7.92. The van der Waals surface area contributed by atoms with Gasteiger partial charge in [0.05, 0.1) is 12.0 Å². The summed E-state index contributed by atoms with van der Waals surface area (Å²) in [7, 11) is 0. The lowest BCUT2D eigenvalue weighted by molar-refractivity contribution is -0.154. The molecule has 0 spiro atoms. The fourth-order valence-electron chi connectivity index (χ4n) is 2.48. The molecule has 1 aromatic rings. The second-order valence-electron chi connectivity index (χ2n) is 6.09.